The van der Waals surface area contributed by atoms with Crippen molar-refractivity contribution in [3.8, 4) is 5.75 Å². The van der Waals surface area contributed by atoms with Gasteiger partial charge in [-0.05, 0) is 11.5 Å². The third-order valence-electron chi connectivity index (χ3n) is 4.07. The van der Waals surface area contributed by atoms with Gasteiger partial charge in [-0.25, -0.2) is 0 Å². The summed E-state index contributed by atoms with van der Waals surface area (Å²) in [7, 11) is 2.16. The van der Waals surface area contributed by atoms with Crippen molar-refractivity contribution >= 4 is 16.7 Å². The number of carbonyl (C=O) groups is 1. The highest BCUT2D eigenvalue weighted by molar-refractivity contribution is 5.88. The van der Waals surface area contributed by atoms with Crippen LogP contribution in [0, 0.1) is 0 Å². The fourth-order valence-corrected chi connectivity index (χ4v) is 2.69. The molecule has 0 bridgehead atoms. The maximum Gasteiger partial charge on any atom is 0.260 e. The van der Waals surface area contributed by atoms with Gasteiger partial charge in [0.1, 0.15) is 5.75 Å². The number of likely N-dealkylation sites (N-methyl/N-ethyl adjacent to an activating group) is 1. The van der Waals surface area contributed by atoms with E-state index in [1.165, 1.54) is 4.90 Å². The van der Waals surface area contributed by atoms with Crippen molar-refractivity contribution in [3.63, 3.8) is 0 Å². The normalized spacial score (nSPS) is 16.1. The Hall–Kier alpha value is -2.07. The Morgan fingerprint density at radius 2 is 1.86 bits per heavy atom. The van der Waals surface area contributed by atoms with Gasteiger partial charge in [0, 0.05) is 5.39 Å². The van der Waals surface area contributed by atoms with E-state index < -0.39 is 0 Å². The van der Waals surface area contributed by atoms with E-state index in [-0.39, 0.29) is 12.5 Å². The molecule has 1 saturated heterocycles. The van der Waals surface area contributed by atoms with Gasteiger partial charge in [-0.3, -0.25) is 4.79 Å². The lowest BCUT2D eigenvalue weighted by molar-refractivity contribution is -0.883. The second-order valence-electron chi connectivity index (χ2n) is 5.60. The molecule has 21 heavy (non-hydrogen) atoms. The summed E-state index contributed by atoms with van der Waals surface area (Å²) < 4.78 is 5.76. The zero-order chi connectivity index (χ0) is 14.7. The van der Waals surface area contributed by atoms with Gasteiger partial charge < -0.3 is 14.5 Å². The SMILES string of the molecule is C[NH+]1CCN(C(=O)COc2cccc3ccccc23)CC1. The zero-order valence-corrected chi connectivity index (χ0v) is 12.3. The summed E-state index contributed by atoms with van der Waals surface area (Å²) in [4.78, 5) is 15.6. The molecule has 0 saturated carbocycles. The standard InChI is InChI=1S/C17H20N2O2/c1-18-9-11-19(12-10-18)17(20)13-21-16-8-4-6-14-5-2-3-7-15(14)16/h2-8H,9-13H2,1H3/p+1. The number of rotatable bonds is 3. The lowest BCUT2D eigenvalue weighted by atomic mass is 10.1. The summed E-state index contributed by atoms with van der Waals surface area (Å²) in [5, 5.41) is 2.18. The van der Waals surface area contributed by atoms with E-state index in [4.69, 9.17) is 4.74 Å². The Labute approximate surface area is 124 Å². The van der Waals surface area contributed by atoms with Crippen molar-refractivity contribution in [1.29, 1.82) is 0 Å². The van der Waals surface area contributed by atoms with Crippen LogP contribution in [0.2, 0.25) is 0 Å². The number of carbonyl (C=O) groups excluding carboxylic acids is 1. The quantitative estimate of drug-likeness (QED) is 0.895. The van der Waals surface area contributed by atoms with Crippen LogP contribution in [0.5, 0.6) is 5.75 Å². The molecule has 3 rings (SSSR count). The van der Waals surface area contributed by atoms with Crippen LogP contribution in [0.15, 0.2) is 42.5 Å². The number of ether oxygens (including phenoxy) is 1. The molecule has 4 nitrogen and oxygen atoms in total. The predicted molar refractivity (Wildman–Crippen MR) is 82.6 cm³/mol. The topological polar surface area (TPSA) is 34.0 Å². The van der Waals surface area contributed by atoms with E-state index in [1.807, 2.05) is 47.4 Å². The number of amides is 1. The predicted octanol–water partition coefficient (Wildman–Crippen LogP) is 0.576. The van der Waals surface area contributed by atoms with Crippen LogP contribution >= 0.6 is 0 Å². The average molecular weight is 285 g/mol. The molecule has 1 fully saturated rings. The van der Waals surface area contributed by atoms with Crippen molar-refractivity contribution in [2.45, 2.75) is 0 Å². The maximum atomic E-state index is 12.2. The van der Waals surface area contributed by atoms with Crippen LogP contribution in [0.25, 0.3) is 10.8 Å². The Morgan fingerprint density at radius 3 is 2.67 bits per heavy atom. The molecule has 1 aliphatic rings. The third kappa shape index (κ3) is 3.16. The summed E-state index contributed by atoms with van der Waals surface area (Å²) in [6, 6.07) is 14.0. The minimum Gasteiger partial charge on any atom is -0.483 e. The smallest absolute Gasteiger partial charge is 0.260 e. The molecule has 2 aromatic rings. The molecule has 1 heterocycles. The fraction of sp³-hybridized carbons (Fsp3) is 0.353. The first kappa shape index (κ1) is 13.9. The number of nitrogens with zero attached hydrogens (tertiary/aromatic N) is 1. The Bertz CT molecular complexity index is 628. The van der Waals surface area contributed by atoms with Gasteiger partial charge in [0.15, 0.2) is 6.61 Å². The minimum atomic E-state index is 0.0791. The zero-order valence-electron chi connectivity index (χ0n) is 12.3. The summed E-state index contributed by atoms with van der Waals surface area (Å²) in [5.41, 5.74) is 0. The highest BCUT2D eigenvalue weighted by atomic mass is 16.5. The van der Waals surface area contributed by atoms with Crippen molar-refractivity contribution in [1.82, 2.24) is 4.90 Å². The highest BCUT2D eigenvalue weighted by Gasteiger charge is 2.21. The summed E-state index contributed by atoms with van der Waals surface area (Å²) >= 11 is 0. The van der Waals surface area contributed by atoms with E-state index >= 15 is 0 Å². The summed E-state index contributed by atoms with van der Waals surface area (Å²) in [6.45, 7) is 3.79. The minimum absolute atomic E-state index is 0.0791. The molecular weight excluding hydrogens is 264 g/mol. The number of quaternary nitrogens is 1. The molecule has 0 atom stereocenters. The van der Waals surface area contributed by atoms with E-state index in [0.29, 0.717) is 0 Å². The number of benzene rings is 2. The molecule has 0 spiro atoms. The van der Waals surface area contributed by atoms with Gasteiger partial charge in [0.2, 0.25) is 0 Å². The maximum absolute atomic E-state index is 12.2. The van der Waals surface area contributed by atoms with E-state index in [9.17, 15) is 4.79 Å². The Kier molecular flexibility index (Phi) is 4.06. The van der Waals surface area contributed by atoms with Crippen molar-refractivity contribution in [2.24, 2.45) is 0 Å². The van der Waals surface area contributed by atoms with Crippen molar-refractivity contribution in [2.75, 3.05) is 39.8 Å². The van der Waals surface area contributed by atoms with Crippen molar-refractivity contribution in [3.05, 3.63) is 42.5 Å². The lowest BCUT2D eigenvalue weighted by Gasteiger charge is -2.30. The van der Waals surface area contributed by atoms with Crippen molar-refractivity contribution < 1.29 is 14.4 Å². The summed E-state index contributed by atoms with van der Waals surface area (Å²) in [6.07, 6.45) is 0. The second kappa shape index (κ2) is 6.14. The number of nitrogens with one attached hydrogen (secondary N) is 1. The monoisotopic (exact) mass is 285 g/mol. The first-order chi connectivity index (χ1) is 10.2. The van der Waals surface area contributed by atoms with Crippen LogP contribution in [0.3, 0.4) is 0 Å². The molecule has 0 aromatic heterocycles. The molecule has 110 valence electrons. The van der Waals surface area contributed by atoms with Crippen LogP contribution in [0.1, 0.15) is 0 Å². The Balaban J connectivity index is 1.65. The van der Waals surface area contributed by atoms with Gasteiger partial charge in [-0.2, -0.15) is 0 Å². The largest absolute Gasteiger partial charge is 0.483 e. The average Bonchev–Trinajstić information content (AvgIpc) is 2.53. The first-order valence-electron chi connectivity index (χ1n) is 7.44. The molecule has 1 aliphatic heterocycles. The number of hydrogen-bond acceptors (Lipinski definition) is 2. The van der Waals surface area contributed by atoms with Crippen LogP contribution < -0.4 is 9.64 Å². The summed E-state index contributed by atoms with van der Waals surface area (Å²) in [5.74, 6) is 0.858. The van der Waals surface area contributed by atoms with Crippen LogP contribution in [-0.4, -0.2) is 50.6 Å². The number of piperazine rings is 1. The molecule has 0 unspecified atom stereocenters. The number of fused-ring (bicyclic) bond motifs is 1. The van der Waals surface area contributed by atoms with Gasteiger partial charge in [-0.15, -0.1) is 0 Å². The van der Waals surface area contributed by atoms with Crippen LogP contribution in [-0.2, 0) is 4.79 Å². The molecule has 2 aromatic carbocycles. The number of hydrogen-bond donors (Lipinski definition) is 1. The molecule has 0 radical (unpaired) electrons. The highest BCUT2D eigenvalue weighted by Crippen LogP contribution is 2.25. The van der Waals surface area contributed by atoms with E-state index in [1.54, 1.807) is 0 Å². The molecular formula is C17H21N2O2+. The van der Waals surface area contributed by atoms with Crippen LogP contribution in [0.4, 0.5) is 0 Å². The van der Waals surface area contributed by atoms with Gasteiger partial charge in [0.05, 0.1) is 33.2 Å². The first-order valence-corrected chi connectivity index (χ1v) is 7.44. The fourth-order valence-electron chi connectivity index (χ4n) is 2.69. The second-order valence-corrected chi connectivity index (χ2v) is 5.60. The molecule has 1 amide bonds. The molecule has 0 aliphatic carbocycles. The van der Waals surface area contributed by atoms with Gasteiger partial charge in [-0.1, -0.05) is 36.4 Å². The lowest BCUT2D eigenvalue weighted by Crippen LogP contribution is -3.12. The van der Waals surface area contributed by atoms with Gasteiger partial charge in [0.25, 0.3) is 5.91 Å². The van der Waals surface area contributed by atoms with Gasteiger partial charge >= 0.3 is 0 Å². The molecule has 1 N–H and O–H groups in total. The van der Waals surface area contributed by atoms with E-state index in [0.717, 1.165) is 42.7 Å². The molecule has 4 heteroatoms. The Morgan fingerprint density at radius 1 is 1.14 bits per heavy atom. The third-order valence-corrected chi connectivity index (χ3v) is 4.07. The van der Waals surface area contributed by atoms with E-state index in [2.05, 4.69) is 7.05 Å².